The van der Waals surface area contributed by atoms with E-state index < -0.39 is 11.6 Å². The summed E-state index contributed by atoms with van der Waals surface area (Å²) < 4.78 is 35.5. The molecule has 9 heteroatoms. The predicted molar refractivity (Wildman–Crippen MR) is 103 cm³/mol. The number of carbonyl (C=O) groups is 1. The molecule has 1 aromatic carbocycles. The molecule has 1 saturated heterocycles. The molecule has 28 heavy (non-hydrogen) atoms. The second kappa shape index (κ2) is 7.56. The van der Waals surface area contributed by atoms with Crippen LogP contribution in [0.2, 0.25) is 0 Å². The van der Waals surface area contributed by atoms with Gasteiger partial charge in [-0.15, -0.1) is 0 Å². The first kappa shape index (κ1) is 18.9. The fourth-order valence-electron chi connectivity index (χ4n) is 3.37. The molecule has 0 N–H and O–H groups in total. The van der Waals surface area contributed by atoms with Crippen molar-refractivity contribution in [2.45, 2.75) is 39.3 Å². The number of hydrogen-bond donors (Lipinski definition) is 0. The van der Waals surface area contributed by atoms with Crippen molar-refractivity contribution in [1.82, 2.24) is 14.8 Å². The van der Waals surface area contributed by atoms with Crippen molar-refractivity contribution in [3.63, 3.8) is 0 Å². The van der Waals surface area contributed by atoms with Gasteiger partial charge in [0.05, 0.1) is 17.3 Å². The number of nitrogens with zero attached hydrogens (tertiary/aromatic N) is 4. The Balaban J connectivity index is 1.74. The maximum absolute atomic E-state index is 14.1. The first-order chi connectivity index (χ1) is 13.5. The number of thiazole rings is 1. The number of halogens is 2. The van der Waals surface area contributed by atoms with E-state index in [2.05, 4.69) is 10.1 Å². The highest BCUT2D eigenvalue weighted by molar-refractivity contribution is 7.22. The summed E-state index contributed by atoms with van der Waals surface area (Å²) in [6.45, 7) is 5.42. The van der Waals surface area contributed by atoms with Crippen molar-refractivity contribution in [3.05, 3.63) is 41.2 Å². The Morgan fingerprint density at radius 1 is 1.39 bits per heavy atom. The van der Waals surface area contributed by atoms with Crippen LogP contribution < -0.4 is 4.90 Å². The third-order valence-corrected chi connectivity index (χ3v) is 5.81. The lowest BCUT2D eigenvalue weighted by Crippen LogP contribution is -2.37. The molecular weight excluding hydrogens is 386 g/mol. The van der Waals surface area contributed by atoms with Crippen LogP contribution in [0.3, 0.4) is 0 Å². The predicted octanol–water partition coefficient (Wildman–Crippen LogP) is 3.93. The third-order valence-electron chi connectivity index (χ3n) is 4.79. The second-order valence-corrected chi connectivity index (χ2v) is 7.78. The molecule has 0 aliphatic carbocycles. The zero-order valence-electron chi connectivity index (χ0n) is 15.6. The van der Waals surface area contributed by atoms with Crippen LogP contribution in [0.25, 0.3) is 10.2 Å². The molecule has 6 nitrogen and oxygen atoms in total. The Morgan fingerprint density at radius 3 is 2.89 bits per heavy atom. The average molecular weight is 406 g/mol. The number of fused-ring (bicyclic) bond motifs is 1. The van der Waals surface area contributed by atoms with Gasteiger partial charge in [0.1, 0.15) is 11.3 Å². The molecule has 0 bridgehead atoms. The lowest BCUT2D eigenvalue weighted by molar-refractivity contribution is 0.0912. The van der Waals surface area contributed by atoms with Crippen molar-refractivity contribution in [3.8, 4) is 0 Å². The number of benzene rings is 1. The van der Waals surface area contributed by atoms with Gasteiger partial charge in [0.15, 0.2) is 16.6 Å². The van der Waals surface area contributed by atoms with E-state index in [0.29, 0.717) is 35.2 Å². The minimum atomic E-state index is -0.742. The van der Waals surface area contributed by atoms with E-state index in [1.165, 1.54) is 11.0 Å². The van der Waals surface area contributed by atoms with Crippen LogP contribution in [0.1, 0.15) is 35.9 Å². The van der Waals surface area contributed by atoms with Gasteiger partial charge < -0.3 is 4.74 Å². The summed E-state index contributed by atoms with van der Waals surface area (Å²) in [5.41, 5.74) is 1.23. The normalized spacial score (nSPS) is 16.8. The van der Waals surface area contributed by atoms with Crippen molar-refractivity contribution >= 4 is 32.6 Å². The summed E-state index contributed by atoms with van der Waals surface area (Å²) in [6, 6.07) is 3.75. The molecule has 1 fully saturated rings. The standard InChI is InChI=1S/C19H20F2N4O2S/c1-3-25-11(2)7-15(23-25)18(26)24(10-13-5-4-6-27-13)19-22-17-14(21)8-12(20)9-16(17)28-19/h7-9,13H,3-6,10H2,1-2H3/t13-/m1/s1. The van der Waals surface area contributed by atoms with Crippen molar-refractivity contribution in [2.75, 3.05) is 18.1 Å². The minimum absolute atomic E-state index is 0.0572. The molecule has 2 aromatic heterocycles. The third kappa shape index (κ3) is 3.51. The van der Waals surface area contributed by atoms with Gasteiger partial charge in [-0.25, -0.2) is 13.8 Å². The van der Waals surface area contributed by atoms with Gasteiger partial charge >= 0.3 is 0 Å². The average Bonchev–Trinajstić information content (AvgIpc) is 3.38. The summed E-state index contributed by atoms with van der Waals surface area (Å²) in [7, 11) is 0. The van der Waals surface area contributed by atoms with E-state index in [4.69, 9.17) is 4.74 Å². The molecule has 148 valence electrons. The number of hydrogen-bond acceptors (Lipinski definition) is 5. The van der Waals surface area contributed by atoms with Crippen molar-refractivity contribution in [2.24, 2.45) is 0 Å². The van der Waals surface area contributed by atoms with Crippen molar-refractivity contribution in [1.29, 1.82) is 0 Å². The summed E-state index contributed by atoms with van der Waals surface area (Å²) in [5.74, 6) is -1.74. The van der Waals surface area contributed by atoms with E-state index in [9.17, 15) is 13.6 Å². The molecule has 0 radical (unpaired) electrons. The van der Waals surface area contributed by atoms with Crippen LogP contribution in [-0.2, 0) is 11.3 Å². The first-order valence-corrected chi connectivity index (χ1v) is 10.0. The van der Waals surface area contributed by atoms with Gasteiger partial charge in [0.25, 0.3) is 5.91 Å². The van der Waals surface area contributed by atoms with Gasteiger partial charge in [0.2, 0.25) is 0 Å². The summed E-state index contributed by atoms with van der Waals surface area (Å²) in [5, 5.41) is 4.67. The van der Waals surface area contributed by atoms with Gasteiger partial charge in [-0.05, 0) is 38.8 Å². The topological polar surface area (TPSA) is 60.2 Å². The molecule has 4 rings (SSSR count). The molecule has 1 atom stereocenters. The van der Waals surface area contributed by atoms with Crippen LogP contribution in [0.4, 0.5) is 13.9 Å². The van der Waals surface area contributed by atoms with Gasteiger partial charge in [-0.1, -0.05) is 11.3 Å². The Hall–Kier alpha value is -2.39. The van der Waals surface area contributed by atoms with Crippen LogP contribution in [0, 0.1) is 18.6 Å². The summed E-state index contributed by atoms with van der Waals surface area (Å²) in [6.07, 6.45) is 1.64. The SMILES string of the molecule is CCn1nc(C(=O)N(C[C@H]2CCCO2)c2nc3c(F)cc(F)cc3s2)cc1C. The lowest BCUT2D eigenvalue weighted by Gasteiger charge is -2.22. The maximum Gasteiger partial charge on any atom is 0.280 e. The van der Waals surface area contributed by atoms with E-state index in [0.717, 1.165) is 35.9 Å². The molecule has 0 unspecified atom stereocenters. The highest BCUT2D eigenvalue weighted by atomic mass is 32.1. The van der Waals surface area contributed by atoms with Gasteiger partial charge in [-0.2, -0.15) is 5.10 Å². The smallest absolute Gasteiger partial charge is 0.280 e. The van der Waals surface area contributed by atoms with E-state index in [-0.39, 0.29) is 17.5 Å². The zero-order valence-corrected chi connectivity index (χ0v) is 16.4. The van der Waals surface area contributed by atoms with E-state index in [1.54, 1.807) is 10.7 Å². The van der Waals surface area contributed by atoms with Crippen LogP contribution in [-0.4, -0.2) is 39.9 Å². The first-order valence-electron chi connectivity index (χ1n) is 9.19. The molecule has 3 heterocycles. The number of aromatic nitrogens is 3. The van der Waals surface area contributed by atoms with Crippen LogP contribution in [0.5, 0.6) is 0 Å². The van der Waals surface area contributed by atoms with Crippen LogP contribution >= 0.6 is 11.3 Å². The van der Waals surface area contributed by atoms with E-state index >= 15 is 0 Å². The molecule has 1 aliphatic heterocycles. The van der Waals surface area contributed by atoms with Crippen LogP contribution in [0.15, 0.2) is 18.2 Å². The number of anilines is 1. The Kier molecular flexibility index (Phi) is 5.11. The highest BCUT2D eigenvalue weighted by Gasteiger charge is 2.29. The molecule has 3 aromatic rings. The highest BCUT2D eigenvalue weighted by Crippen LogP contribution is 2.32. The molecule has 0 saturated carbocycles. The number of rotatable bonds is 5. The molecule has 1 amide bonds. The van der Waals surface area contributed by atoms with Gasteiger partial charge in [0, 0.05) is 24.9 Å². The van der Waals surface area contributed by atoms with Crippen molar-refractivity contribution < 1.29 is 18.3 Å². The van der Waals surface area contributed by atoms with Gasteiger partial charge in [-0.3, -0.25) is 14.4 Å². The second-order valence-electron chi connectivity index (χ2n) is 6.77. The fraction of sp³-hybridized carbons (Fsp3) is 0.421. The Morgan fingerprint density at radius 2 is 2.21 bits per heavy atom. The van der Waals surface area contributed by atoms with E-state index in [1.807, 2.05) is 13.8 Å². The molecule has 1 aliphatic rings. The Labute approximate surface area is 164 Å². The zero-order chi connectivity index (χ0) is 19.8. The number of ether oxygens (including phenoxy) is 1. The fourth-order valence-corrected chi connectivity index (χ4v) is 4.39. The molecular formula is C19H20F2N4O2S. The monoisotopic (exact) mass is 406 g/mol. The molecule has 0 spiro atoms. The number of amides is 1. The summed E-state index contributed by atoms with van der Waals surface area (Å²) >= 11 is 1.08. The lowest BCUT2D eigenvalue weighted by atomic mass is 10.2. The largest absolute Gasteiger partial charge is 0.376 e. The minimum Gasteiger partial charge on any atom is -0.376 e. The summed E-state index contributed by atoms with van der Waals surface area (Å²) in [4.78, 5) is 19.0. The maximum atomic E-state index is 14.1. The Bertz CT molecular complexity index is 1030. The quantitative estimate of drug-likeness (QED) is 0.644. The number of carbonyl (C=O) groups excluding carboxylic acids is 1. The number of aryl methyl sites for hydroxylation is 2.